The largest absolute Gasteiger partial charge is 0.358 e. The van der Waals surface area contributed by atoms with Crippen molar-refractivity contribution in [1.82, 2.24) is 29.5 Å². The number of hydrogen-bond acceptors (Lipinski definition) is 6. The number of imidazole rings is 1. The van der Waals surface area contributed by atoms with E-state index in [2.05, 4.69) is 37.2 Å². The molecular formula is C14H17N7. The average Bonchev–Trinajstić information content (AvgIpc) is 2.91. The summed E-state index contributed by atoms with van der Waals surface area (Å²) in [4.78, 5) is 21.7. The van der Waals surface area contributed by atoms with Crippen molar-refractivity contribution in [1.29, 1.82) is 0 Å². The lowest BCUT2D eigenvalue weighted by atomic mass is 10.3. The summed E-state index contributed by atoms with van der Waals surface area (Å²) >= 11 is 0. The Morgan fingerprint density at radius 2 is 2.10 bits per heavy atom. The molecule has 108 valence electrons. The molecule has 21 heavy (non-hydrogen) atoms. The Balaban J connectivity index is 1.93. The number of hydrogen-bond donors (Lipinski definition) is 1. The van der Waals surface area contributed by atoms with Crippen LogP contribution in [0.3, 0.4) is 0 Å². The zero-order valence-corrected chi connectivity index (χ0v) is 12.3. The van der Waals surface area contributed by atoms with Crippen molar-refractivity contribution in [3.8, 4) is 0 Å². The maximum Gasteiger partial charge on any atom is 0.165 e. The predicted octanol–water partition coefficient (Wildman–Crippen LogP) is 2.12. The van der Waals surface area contributed by atoms with Gasteiger partial charge in [-0.3, -0.25) is 0 Å². The number of nitrogens with one attached hydrogen (secondary N) is 1. The molecule has 0 saturated carbocycles. The maximum atomic E-state index is 4.43. The third kappa shape index (κ3) is 2.54. The molecule has 1 N–H and O–H groups in total. The van der Waals surface area contributed by atoms with Crippen LogP contribution in [0.1, 0.15) is 31.4 Å². The van der Waals surface area contributed by atoms with E-state index in [0.717, 1.165) is 29.2 Å². The summed E-state index contributed by atoms with van der Waals surface area (Å²) in [5.41, 5.74) is 2.53. The molecule has 0 amide bonds. The molecule has 0 bridgehead atoms. The average molecular weight is 283 g/mol. The van der Waals surface area contributed by atoms with E-state index in [1.165, 1.54) is 0 Å². The van der Waals surface area contributed by atoms with Gasteiger partial charge in [-0.05, 0) is 26.8 Å². The van der Waals surface area contributed by atoms with E-state index in [-0.39, 0.29) is 6.04 Å². The van der Waals surface area contributed by atoms with Crippen molar-refractivity contribution in [3.05, 3.63) is 36.4 Å². The van der Waals surface area contributed by atoms with Gasteiger partial charge in [0.15, 0.2) is 11.5 Å². The van der Waals surface area contributed by atoms with Crippen LogP contribution >= 0.6 is 0 Å². The summed E-state index contributed by atoms with van der Waals surface area (Å²) in [5, 5.41) is 3.31. The second-order valence-electron chi connectivity index (χ2n) is 4.85. The minimum Gasteiger partial charge on any atom is -0.358 e. The Morgan fingerprint density at radius 1 is 1.24 bits per heavy atom. The minimum absolute atomic E-state index is 0.0604. The molecule has 0 aromatic carbocycles. The second-order valence-corrected chi connectivity index (χ2v) is 4.85. The summed E-state index contributed by atoms with van der Waals surface area (Å²) in [6.45, 7) is 6.83. The first-order valence-corrected chi connectivity index (χ1v) is 6.91. The SMILES string of the molecule is CCn1cnc2c(N[C@@H](C)c3nccc(C)n3)ncnc21. The van der Waals surface area contributed by atoms with E-state index in [9.17, 15) is 0 Å². The van der Waals surface area contributed by atoms with E-state index >= 15 is 0 Å². The van der Waals surface area contributed by atoms with Crippen molar-refractivity contribution in [2.75, 3.05) is 5.32 Å². The van der Waals surface area contributed by atoms with E-state index in [1.807, 2.05) is 24.5 Å². The Labute approximate surface area is 122 Å². The van der Waals surface area contributed by atoms with Crippen LogP contribution in [-0.2, 0) is 6.54 Å². The van der Waals surface area contributed by atoms with Crippen LogP contribution in [0.15, 0.2) is 24.9 Å². The molecule has 0 radical (unpaired) electrons. The molecule has 0 spiro atoms. The monoisotopic (exact) mass is 283 g/mol. The van der Waals surface area contributed by atoms with Gasteiger partial charge >= 0.3 is 0 Å². The van der Waals surface area contributed by atoms with Gasteiger partial charge in [-0.1, -0.05) is 0 Å². The first-order valence-electron chi connectivity index (χ1n) is 6.91. The molecule has 3 rings (SSSR count). The normalized spacial score (nSPS) is 12.5. The third-order valence-electron chi connectivity index (χ3n) is 3.30. The lowest BCUT2D eigenvalue weighted by Crippen LogP contribution is -2.12. The number of aryl methyl sites for hydroxylation is 2. The molecule has 0 aliphatic heterocycles. The molecule has 0 saturated heterocycles. The van der Waals surface area contributed by atoms with Crippen molar-refractivity contribution < 1.29 is 0 Å². The maximum absolute atomic E-state index is 4.43. The highest BCUT2D eigenvalue weighted by atomic mass is 15.2. The molecule has 0 unspecified atom stereocenters. The van der Waals surface area contributed by atoms with Gasteiger partial charge < -0.3 is 9.88 Å². The smallest absolute Gasteiger partial charge is 0.165 e. The lowest BCUT2D eigenvalue weighted by Gasteiger charge is -2.13. The first kappa shape index (κ1) is 13.4. The standard InChI is InChI=1S/C14H17N7/c1-4-21-8-18-11-13(16-7-17-14(11)21)20-10(3)12-15-6-5-9(2)19-12/h5-8,10H,4H2,1-3H3,(H,16,17,20)/t10-/m0/s1. The highest BCUT2D eigenvalue weighted by molar-refractivity contribution is 5.82. The predicted molar refractivity (Wildman–Crippen MR) is 79.8 cm³/mol. The molecule has 3 aromatic rings. The number of fused-ring (bicyclic) bond motifs is 1. The molecular weight excluding hydrogens is 266 g/mol. The zero-order valence-electron chi connectivity index (χ0n) is 12.3. The van der Waals surface area contributed by atoms with Crippen LogP contribution in [0, 0.1) is 6.92 Å². The molecule has 0 fully saturated rings. The summed E-state index contributed by atoms with van der Waals surface area (Å²) in [6.07, 6.45) is 5.08. The van der Waals surface area contributed by atoms with Crippen LogP contribution in [0.4, 0.5) is 5.82 Å². The van der Waals surface area contributed by atoms with Crippen molar-refractivity contribution >= 4 is 17.0 Å². The van der Waals surface area contributed by atoms with Gasteiger partial charge in [-0.25, -0.2) is 24.9 Å². The summed E-state index contributed by atoms with van der Waals surface area (Å²) in [7, 11) is 0. The minimum atomic E-state index is -0.0604. The lowest BCUT2D eigenvalue weighted by molar-refractivity contribution is 0.772. The Hall–Kier alpha value is -2.57. The van der Waals surface area contributed by atoms with Gasteiger partial charge in [0.1, 0.15) is 17.7 Å². The number of anilines is 1. The van der Waals surface area contributed by atoms with Gasteiger partial charge in [0.2, 0.25) is 0 Å². The van der Waals surface area contributed by atoms with E-state index in [4.69, 9.17) is 0 Å². The number of nitrogens with zero attached hydrogens (tertiary/aromatic N) is 6. The first-order chi connectivity index (χ1) is 10.2. The topological polar surface area (TPSA) is 81.4 Å². The zero-order chi connectivity index (χ0) is 14.8. The van der Waals surface area contributed by atoms with Crippen molar-refractivity contribution in [2.45, 2.75) is 33.4 Å². The van der Waals surface area contributed by atoms with Crippen LogP contribution in [0.2, 0.25) is 0 Å². The molecule has 0 aliphatic rings. The van der Waals surface area contributed by atoms with Gasteiger partial charge in [0.05, 0.1) is 12.4 Å². The third-order valence-corrected chi connectivity index (χ3v) is 3.30. The van der Waals surface area contributed by atoms with Crippen molar-refractivity contribution in [3.63, 3.8) is 0 Å². The molecule has 1 atom stereocenters. The Bertz CT molecular complexity index is 765. The van der Waals surface area contributed by atoms with E-state index in [1.54, 1.807) is 18.9 Å². The van der Waals surface area contributed by atoms with Crippen LogP contribution in [-0.4, -0.2) is 29.5 Å². The van der Waals surface area contributed by atoms with E-state index in [0.29, 0.717) is 5.82 Å². The van der Waals surface area contributed by atoms with E-state index < -0.39 is 0 Å². The van der Waals surface area contributed by atoms with Gasteiger partial charge in [-0.2, -0.15) is 0 Å². The fourth-order valence-electron chi connectivity index (χ4n) is 2.16. The Kier molecular flexibility index (Phi) is 3.47. The molecule has 7 nitrogen and oxygen atoms in total. The number of aromatic nitrogens is 6. The molecule has 0 aliphatic carbocycles. The van der Waals surface area contributed by atoms with Crippen LogP contribution in [0.25, 0.3) is 11.2 Å². The highest BCUT2D eigenvalue weighted by Crippen LogP contribution is 2.21. The highest BCUT2D eigenvalue weighted by Gasteiger charge is 2.14. The molecule has 7 heteroatoms. The van der Waals surface area contributed by atoms with Crippen LogP contribution in [0.5, 0.6) is 0 Å². The number of rotatable bonds is 4. The van der Waals surface area contributed by atoms with Crippen LogP contribution < -0.4 is 5.32 Å². The quantitative estimate of drug-likeness (QED) is 0.789. The van der Waals surface area contributed by atoms with Crippen molar-refractivity contribution in [2.24, 2.45) is 0 Å². The second kappa shape index (κ2) is 5.43. The fraction of sp³-hybridized carbons (Fsp3) is 0.357. The fourth-order valence-corrected chi connectivity index (χ4v) is 2.16. The summed E-state index contributed by atoms with van der Waals surface area (Å²) < 4.78 is 1.98. The Morgan fingerprint density at radius 3 is 2.86 bits per heavy atom. The van der Waals surface area contributed by atoms with Gasteiger partial charge in [0, 0.05) is 18.4 Å². The van der Waals surface area contributed by atoms with Gasteiger partial charge in [0.25, 0.3) is 0 Å². The molecule has 3 aromatic heterocycles. The summed E-state index contributed by atoms with van der Waals surface area (Å²) in [5.74, 6) is 1.43. The molecule has 3 heterocycles. The summed E-state index contributed by atoms with van der Waals surface area (Å²) in [6, 6.07) is 1.82. The van der Waals surface area contributed by atoms with Gasteiger partial charge in [-0.15, -0.1) is 0 Å².